The van der Waals surface area contributed by atoms with Crippen molar-refractivity contribution < 1.29 is 13.7 Å². The van der Waals surface area contributed by atoms with Crippen LogP contribution < -0.4 is 0 Å². The molecule has 1 aliphatic heterocycles. The number of hydrogen-bond donors (Lipinski definition) is 0. The van der Waals surface area contributed by atoms with Gasteiger partial charge >= 0.3 is 0 Å². The van der Waals surface area contributed by atoms with Gasteiger partial charge in [-0.15, -0.1) is 0 Å². The van der Waals surface area contributed by atoms with E-state index in [2.05, 4.69) is 0 Å². The van der Waals surface area contributed by atoms with Crippen LogP contribution in [0.3, 0.4) is 0 Å². The van der Waals surface area contributed by atoms with Crippen molar-refractivity contribution in [2.75, 3.05) is 19.0 Å². The quantitative estimate of drug-likeness (QED) is 0.837. The molecular formula is C14H18O3S. The molecule has 2 unspecified atom stereocenters. The first-order chi connectivity index (χ1) is 8.58. The Morgan fingerprint density at radius 3 is 2.83 bits per heavy atom. The third-order valence-corrected chi connectivity index (χ3v) is 4.73. The molecule has 1 saturated heterocycles. The van der Waals surface area contributed by atoms with Crippen LogP contribution in [0.1, 0.15) is 17.5 Å². The summed E-state index contributed by atoms with van der Waals surface area (Å²) >= 11 is 0. The van der Waals surface area contributed by atoms with E-state index in [0.717, 1.165) is 22.4 Å². The maximum absolute atomic E-state index is 12.2. The number of ketones is 1. The van der Waals surface area contributed by atoms with E-state index in [1.54, 1.807) is 0 Å². The second kappa shape index (κ2) is 5.76. The highest BCUT2D eigenvalue weighted by molar-refractivity contribution is 7.85. The van der Waals surface area contributed by atoms with Gasteiger partial charge in [0.05, 0.1) is 23.2 Å². The zero-order valence-electron chi connectivity index (χ0n) is 10.8. The first kappa shape index (κ1) is 13.4. The number of hydrogen-bond acceptors (Lipinski definition) is 3. The molecule has 18 heavy (non-hydrogen) atoms. The minimum atomic E-state index is -1.23. The molecule has 0 radical (unpaired) electrons. The van der Waals surface area contributed by atoms with Gasteiger partial charge in [-0.3, -0.25) is 9.00 Å². The van der Waals surface area contributed by atoms with Crippen molar-refractivity contribution in [1.29, 1.82) is 0 Å². The van der Waals surface area contributed by atoms with Gasteiger partial charge in [0.2, 0.25) is 0 Å². The van der Waals surface area contributed by atoms with Crippen molar-refractivity contribution >= 4 is 16.6 Å². The Kier molecular flexibility index (Phi) is 4.30. The maximum atomic E-state index is 12.2. The van der Waals surface area contributed by atoms with Crippen molar-refractivity contribution in [1.82, 2.24) is 0 Å². The Labute approximate surface area is 110 Å². The van der Waals surface area contributed by atoms with Crippen LogP contribution >= 0.6 is 0 Å². The fourth-order valence-electron chi connectivity index (χ4n) is 2.17. The largest absolute Gasteiger partial charge is 0.381 e. The number of carbonyl (C=O) groups excluding carboxylic acids is 1. The molecule has 0 amide bonds. The molecule has 2 atom stereocenters. The summed E-state index contributed by atoms with van der Waals surface area (Å²) in [6.07, 6.45) is 0.767. The number of Topliss-reactive ketones (excluding diaryl/α,β-unsaturated/α-hetero) is 1. The van der Waals surface area contributed by atoms with E-state index in [9.17, 15) is 9.00 Å². The first-order valence-electron chi connectivity index (χ1n) is 6.14. The summed E-state index contributed by atoms with van der Waals surface area (Å²) in [5.41, 5.74) is 2.13. The van der Waals surface area contributed by atoms with Crippen LogP contribution in [0.15, 0.2) is 23.1 Å². The first-order valence-corrected chi connectivity index (χ1v) is 7.46. The predicted molar refractivity (Wildman–Crippen MR) is 71.1 cm³/mol. The SMILES string of the molecule is Cc1ccc(S(=O)CC(=O)C2CCOC2)c(C)c1. The standard InChI is InChI=1S/C14H18O3S/c1-10-3-4-14(11(2)7-10)18(16)9-13(15)12-5-6-17-8-12/h3-4,7,12H,5-6,8-9H2,1-2H3. The highest BCUT2D eigenvalue weighted by Crippen LogP contribution is 2.18. The Balaban J connectivity index is 2.05. The molecule has 1 aromatic carbocycles. The van der Waals surface area contributed by atoms with Gasteiger partial charge < -0.3 is 4.74 Å². The summed E-state index contributed by atoms with van der Waals surface area (Å²) in [5.74, 6) is 0.114. The average molecular weight is 266 g/mol. The Hall–Kier alpha value is -1.00. The zero-order valence-corrected chi connectivity index (χ0v) is 11.6. The second-order valence-electron chi connectivity index (χ2n) is 4.79. The van der Waals surface area contributed by atoms with Crippen molar-refractivity contribution in [3.63, 3.8) is 0 Å². The molecule has 4 heteroatoms. The molecule has 0 N–H and O–H groups in total. The van der Waals surface area contributed by atoms with Gasteiger partial charge in [-0.2, -0.15) is 0 Å². The molecule has 0 bridgehead atoms. The van der Waals surface area contributed by atoms with E-state index in [1.165, 1.54) is 0 Å². The van der Waals surface area contributed by atoms with Crippen LogP contribution in [-0.4, -0.2) is 29.0 Å². The topological polar surface area (TPSA) is 43.4 Å². The minimum absolute atomic E-state index is 0.0558. The van der Waals surface area contributed by atoms with Crippen LogP contribution in [0, 0.1) is 19.8 Å². The second-order valence-corrected chi connectivity index (χ2v) is 6.21. The van der Waals surface area contributed by atoms with Gasteiger partial charge in [0.1, 0.15) is 0 Å². The number of ether oxygens (including phenoxy) is 1. The fraction of sp³-hybridized carbons (Fsp3) is 0.500. The van der Waals surface area contributed by atoms with Crippen LogP contribution in [0.5, 0.6) is 0 Å². The van der Waals surface area contributed by atoms with Gasteiger partial charge in [-0.1, -0.05) is 17.7 Å². The maximum Gasteiger partial charge on any atom is 0.151 e. The van der Waals surface area contributed by atoms with Gasteiger partial charge in [-0.25, -0.2) is 0 Å². The fourth-order valence-corrected chi connectivity index (χ4v) is 3.46. The van der Waals surface area contributed by atoms with Gasteiger partial charge in [0, 0.05) is 17.4 Å². The number of benzene rings is 1. The van der Waals surface area contributed by atoms with E-state index in [0.29, 0.717) is 13.2 Å². The van der Waals surface area contributed by atoms with E-state index >= 15 is 0 Å². The third-order valence-electron chi connectivity index (χ3n) is 3.23. The molecule has 0 saturated carbocycles. The normalized spacial score (nSPS) is 20.9. The van der Waals surface area contributed by atoms with Crippen LogP contribution in [0.4, 0.5) is 0 Å². The lowest BCUT2D eigenvalue weighted by Crippen LogP contribution is -2.21. The van der Waals surface area contributed by atoms with E-state index < -0.39 is 10.8 Å². The van der Waals surface area contributed by atoms with Crippen molar-refractivity contribution in [3.05, 3.63) is 29.3 Å². The summed E-state index contributed by atoms with van der Waals surface area (Å²) in [6, 6.07) is 5.79. The smallest absolute Gasteiger partial charge is 0.151 e. The zero-order chi connectivity index (χ0) is 13.1. The van der Waals surface area contributed by atoms with Gasteiger partial charge in [0.25, 0.3) is 0 Å². The van der Waals surface area contributed by atoms with Crippen LogP contribution in [0.2, 0.25) is 0 Å². The molecule has 1 fully saturated rings. The van der Waals surface area contributed by atoms with Crippen molar-refractivity contribution in [2.45, 2.75) is 25.2 Å². The summed E-state index contributed by atoms with van der Waals surface area (Å²) in [4.78, 5) is 12.7. The molecule has 98 valence electrons. The summed E-state index contributed by atoms with van der Waals surface area (Å²) in [7, 11) is -1.23. The highest BCUT2D eigenvalue weighted by Gasteiger charge is 2.25. The van der Waals surface area contributed by atoms with Crippen LogP contribution in [-0.2, 0) is 20.3 Å². The lowest BCUT2D eigenvalue weighted by atomic mass is 10.1. The molecular weight excluding hydrogens is 248 g/mol. The Morgan fingerprint density at radius 2 is 2.22 bits per heavy atom. The summed E-state index contributed by atoms with van der Waals surface area (Å²) < 4.78 is 17.4. The van der Waals surface area contributed by atoms with Gasteiger partial charge in [-0.05, 0) is 31.9 Å². The Morgan fingerprint density at radius 1 is 1.44 bits per heavy atom. The minimum Gasteiger partial charge on any atom is -0.381 e. The molecule has 3 nitrogen and oxygen atoms in total. The summed E-state index contributed by atoms with van der Waals surface area (Å²) in [6.45, 7) is 5.07. The van der Waals surface area contributed by atoms with E-state index in [1.807, 2.05) is 32.0 Å². The number of rotatable bonds is 4. The van der Waals surface area contributed by atoms with Crippen LogP contribution in [0.25, 0.3) is 0 Å². The van der Waals surface area contributed by atoms with E-state index in [4.69, 9.17) is 4.74 Å². The molecule has 0 spiro atoms. The van der Waals surface area contributed by atoms with Crippen molar-refractivity contribution in [2.24, 2.45) is 5.92 Å². The lowest BCUT2D eigenvalue weighted by molar-refractivity contribution is -0.120. The van der Waals surface area contributed by atoms with Crippen molar-refractivity contribution in [3.8, 4) is 0 Å². The Bertz CT molecular complexity index is 476. The molecule has 0 aromatic heterocycles. The third kappa shape index (κ3) is 3.06. The summed E-state index contributed by atoms with van der Waals surface area (Å²) in [5, 5.41) is 0. The molecule has 1 aromatic rings. The average Bonchev–Trinajstić information content (AvgIpc) is 2.81. The van der Waals surface area contributed by atoms with Gasteiger partial charge in [0.15, 0.2) is 5.78 Å². The number of aryl methyl sites for hydroxylation is 2. The monoisotopic (exact) mass is 266 g/mol. The molecule has 1 aliphatic rings. The lowest BCUT2D eigenvalue weighted by Gasteiger charge is -2.09. The predicted octanol–water partition coefficient (Wildman–Crippen LogP) is 2.02. The molecule has 0 aliphatic carbocycles. The molecule has 2 rings (SSSR count). The van der Waals surface area contributed by atoms with E-state index in [-0.39, 0.29) is 17.5 Å². The number of carbonyl (C=O) groups is 1. The highest BCUT2D eigenvalue weighted by atomic mass is 32.2. The molecule has 1 heterocycles.